The number of methoxy groups -OCH3 is 1. The van der Waals surface area contributed by atoms with Gasteiger partial charge in [0.25, 0.3) is 0 Å². The molecule has 0 aliphatic carbocycles. The third kappa shape index (κ3) is 2.29. The Labute approximate surface area is 114 Å². The SMILES string of the molecule is COC(=O)c1cn(OC)c2ccc(C(=O)CCl)cc12. The summed E-state index contributed by atoms with van der Waals surface area (Å²) < 4.78 is 6.15. The molecule has 0 saturated carbocycles. The number of ether oxygens (including phenoxy) is 1. The minimum absolute atomic E-state index is 0.107. The van der Waals surface area contributed by atoms with Gasteiger partial charge in [0, 0.05) is 10.9 Å². The van der Waals surface area contributed by atoms with Crippen LogP contribution in [0, 0.1) is 0 Å². The lowest BCUT2D eigenvalue weighted by Gasteiger charge is -2.02. The molecule has 0 fully saturated rings. The summed E-state index contributed by atoms with van der Waals surface area (Å²) in [4.78, 5) is 28.4. The Hall–Kier alpha value is -2.01. The van der Waals surface area contributed by atoms with Crippen LogP contribution in [0.3, 0.4) is 0 Å². The largest absolute Gasteiger partial charge is 0.465 e. The fourth-order valence-corrected chi connectivity index (χ4v) is 2.03. The highest BCUT2D eigenvalue weighted by atomic mass is 35.5. The molecule has 5 nitrogen and oxygen atoms in total. The predicted molar refractivity (Wildman–Crippen MR) is 70.8 cm³/mol. The van der Waals surface area contributed by atoms with Crippen molar-refractivity contribution in [3.63, 3.8) is 0 Å². The van der Waals surface area contributed by atoms with Gasteiger partial charge >= 0.3 is 5.97 Å². The van der Waals surface area contributed by atoms with Crippen molar-refractivity contribution in [3.8, 4) is 0 Å². The Morgan fingerprint density at radius 1 is 1.32 bits per heavy atom. The first-order chi connectivity index (χ1) is 9.12. The number of halogens is 1. The molecule has 2 rings (SSSR count). The van der Waals surface area contributed by atoms with Crippen molar-refractivity contribution in [2.75, 3.05) is 20.1 Å². The summed E-state index contributed by atoms with van der Waals surface area (Å²) in [7, 11) is 2.78. The molecule has 1 aromatic heterocycles. The molecule has 1 heterocycles. The molecule has 0 saturated heterocycles. The van der Waals surface area contributed by atoms with E-state index in [9.17, 15) is 9.59 Å². The third-order valence-corrected chi connectivity index (χ3v) is 3.06. The molecule has 0 atom stereocenters. The highest BCUT2D eigenvalue weighted by Crippen LogP contribution is 2.23. The smallest absolute Gasteiger partial charge is 0.340 e. The number of rotatable bonds is 4. The number of carbonyl (C=O) groups excluding carboxylic acids is 2. The molecule has 0 unspecified atom stereocenters. The standard InChI is InChI=1S/C13H12ClNO4/c1-18-13(17)10-7-15(19-2)11-4-3-8(5-9(10)11)12(16)6-14/h3-5,7H,6H2,1-2H3. The number of fused-ring (bicyclic) bond motifs is 1. The van der Waals surface area contributed by atoms with Gasteiger partial charge in [-0.3, -0.25) is 4.79 Å². The predicted octanol–water partition coefficient (Wildman–Crippen LogP) is 1.91. The molecule has 6 heteroatoms. The minimum atomic E-state index is -0.490. The number of ketones is 1. The molecule has 100 valence electrons. The summed E-state index contributed by atoms with van der Waals surface area (Å²) in [5.41, 5.74) is 1.46. The van der Waals surface area contributed by atoms with Crippen molar-refractivity contribution in [1.82, 2.24) is 4.73 Å². The number of carbonyl (C=O) groups is 2. The summed E-state index contributed by atoms with van der Waals surface area (Å²) in [6.07, 6.45) is 1.52. The third-order valence-electron chi connectivity index (χ3n) is 2.82. The van der Waals surface area contributed by atoms with E-state index in [1.807, 2.05) is 0 Å². The maximum absolute atomic E-state index is 11.7. The number of hydrogen-bond acceptors (Lipinski definition) is 4. The fourth-order valence-electron chi connectivity index (χ4n) is 1.87. The van der Waals surface area contributed by atoms with Gasteiger partial charge in [0.05, 0.1) is 30.3 Å². The van der Waals surface area contributed by atoms with Crippen LogP contribution in [0.25, 0.3) is 10.9 Å². The van der Waals surface area contributed by atoms with Gasteiger partial charge in [-0.1, -0.05) is 0 Å². The zero-order valence-corrected chi connectivity index (χ0v) is 11.2. The first-order valence-electron chi connectivity index (χ1n) is 5.49. The highest BCUT2D eigenvalue weighted by Gasteiger charge is 2.17. The number of esters is 1. The summed E-state index contributed by atoms with van der Waals surface area (Å²) in [5, 5.41) is 0.588. The molecule has 0 radical (unpaired) electrons. The van der Waals surface area contributed by atoms with Gasteiger partial charge in [-0.05, 0) is 18.2 Å². The zero-order valence-electron chi connectivity index (χ0n) is 10.5. The van der Waals surface area contributed by atoms with Crippen molar-refractivity contribution >= 4 is 34.3 Å². The van der Waals surface area contributed by atoms with Gasteiger partial charge in [0.1, 0.15) is 7.11 Å². The Balaban J connectivity index is 2.67. The molecular formula is C13H12ClNO4. The molecule has 19 heavy (non-hydrogen) atoms. The van der Waals surface area contributed by atoms with Crippen LogP contribution in [-0.2, 0) is 4.74 Å². The number of benzene rings is 1. The number of alkyl halides is 1. The van der Waals surface area contributed by atoms with Crippen molar-refractivity contribution in [2.24, 2.45) is 0 Å². The van der Waals surface area contributed by atoms with E-state index >= 15 is 0 Å². The lowest BCUT2D eigenvalue weighted by Crippen LogP contribution is -2.04. The van der Waals surface area contributed by atoms with Crippen LogP contribution in [0.2, 0.25) is 0 Å². The molecule has 0 spiro atoms. The molecule has 0 N–H and O–H groups in total. The van der Waals surface area contributed by atoms with Gasteiger partial charge in [-0.2, -0.15) is 4.73 Å². The van der Waals surface area contributed by atoms with E-state index in [-0.39, 0.29) is 11.7 Å². The van der Waals surface area contributed by atoms with E-state index in [0.29, 0.717) is 22.0 Å². The van der Waals surface area contributed by atoms with E-state index in [0.717, 1.165) is 0 Å². The first-order valence-corrected chi connectivity index (χ1v) is 6.03. The molecule has 2 aromatic rings. The van der Waals surface area contributed by atoms with Gasteiger partial charge in [0.2, 0.25) is 0 Å². The topological polar surface area (TPSA) is 57.5 Å². The second-order valence-electron chi connectivity index (χ2n) is 3.83. The highest BCUT2D eigenvalue weighted by molar-refractivity contribution is 6.30. The van der Waals surface area contributed by atoms with Crippen LogP contribution in [0.1, 0.15) is 20.7 Å². The maximum atomic E-state index is 11.7. The monoisotopic (exact) mass is 281 g/mol. The average Bonchev–Trinajstić information content (AvgIpc) is 2.83. The van der Waals surface area contributed by atoms with Gasteiger partial charge in [-0.15, -0.1) is 11.6 Å². The minimum Gasteiger partial charge on any atom is -0.465 e. The number of hydrogen-bond donors (Lipinski definition) is 0. The Kier molecular flexibility index (Phi) is 3.76. The second kappa shape index (κ2) is 5.32. The maximum Gasteiger partial charge on any atom is 0.340 e. The molecular weight excluding hydrogens is 270 g/mol. The Bertz CT molecular complexity index is 647. The van der Waals surface area contributed by atoms with E-state index in [1.54, 1.807) is 18.2 Å². The normalized spacial score (nSPS) is 10.5. The van der Waals surface area contributed by atoms with Gasteiger partial charge in [-0.25, -0.2) is 4.79 Å². The fraction of sp³-hybridized carbons (Fsp3) is 0.231. The van der Waals surface area contributed by atoms with Gasteiger partial charge < -0.3 is 9.57 Å². The molecule has 0 aliphatic heterocycles. The quantitative estimate of drug-likeness (QED) is 0.488. The molecule has 0 bridgehead atoms. The number of Topliss-reactive ketones (excluding diaryl/α,β-unsaturated/α-hetero) is 1. The van der Waals surface area contributed by atoms with Crippen LogP contribution in [0.5, 0.6) is 0 Å². The van der Waals surface area contributed by atoms with Crippen LogP contribution in [0.4, 0.5) is 0 Å². The van der Waals surface area contributed by atoms with Gasteiger partial charge in [0.15, 0.2) is 5.78 Å². The van der Waals surface area contributed by atoms with E-state index in [4.69, 9.17) is 21.2 Å². The van der Waals surface area contributed by atoms with Crippen LogP contribution < -0.4 is 4.84 Å². The summed E-state index contributed by atoms with van der Waals surface area (Å²) in [5.74, 6) is -0.801. The average molecular weight is 282 g/mol. The number of aromatic nitrogens is 1. The Morgan fingerprint density at radius 3 is 2.63 bits per heavy atom. The second-order valence-corrected chi connectivity index (χ2v) is 4.10. The Morgan fingerprint density at radius 2 is 2.05 bits per heavy atom. The van der Waals surface area contributed by atoms with E-state index < -0.39 is 5.97 Å². The molecule has 0 aliphatic rings. The number of nitrogens with zero attached hydrogens (tertiary/aromatic N) is 1. The van der Waals surface area contributed by atoms with Crippen LogP contribution >= 0.6 is 11.6 Å². The molecule has 0 amide bonds. The summed E-state index contributed by atoms with van der Waals surface area (Å²) in [6, 6.07) is 4.95. The van der Waals surface area contributed by atoms with Crippen molar-refractivity contribution in [2.45, 2.75) is 0 Å². The van der Waals surface area contributed by atoms with Crippen LogP contribution in [0.15, 0.2) is 24.4 Å². The van der Waals surface area contributed by atoms with E-state index in [2.05, 4.69) is 0 Å². The van der Waals surface area contributed by atoms with Crippen molar-refractivity contribution < 1.29 is 19.2 Å². The summed E-state index contributed by atoms with van der Waals surface area (Å²) >= 11 is 5.53. The van der Waals surface area contributed by atoms with E-state index in [1.165, 1.54) is 25.1 Å². The lowest BCUT2D eigenvalue weighted by molar-refractivity contribution is 0.0600. The first kappa shape index (κ1) is 13.4. The van der Waals surface area contributed by atoms with Crippen molar-refractivity contribution in [3.05, 3.63) is 35.5 Å². The lowest BCUT2D eigenvalue weighted by atomic mass is 10.1. The summed E-state index contributed by atoms with van der Waals surface area (Å²) in [6.45, 7) is 0. The zero-order chi connectivity index (χ0) is 14.0. The van der Waals surface area contributed by atoms with Crippen LogP contribution in [-0.4, -0.2) is 36.6 Å². The molecule has 1 aromatic carbocycles. The van der Waals surface area contributed by atoms with Crippen molar-refractivity contribution in [1.29, 1.82) is 0 Å².